The van der Waals surface area contributed by atoms with Crippen molar-refractivity contribution in [3.8, 4) is 0 Å². The van der Waals surface area contributed by atoms with Crippen molar-refractivity contribution in [2.24, 2.45) is 0 Å². The van der Waals surface area contributed by atoms with Crippen LogP contribution in [-0.4, -0.2) is 77.7 Å². The highest BCUT2D eigenvalue weighted by Crippen LogP contribution is 2.31. The second-order valence-electron chi connectivity index (χ2n) is 6.39. The third-order valence-electron chi connectivity index (χ3n) is 4.63. The molecule has 1 atom stereocenters. The molecule has 1 aromatic heterocycles. The predicted molar refractivity (Wildman–Crippen MR) is 102 cm³/mol. The van der Waals surface area contributed by atoms with Crippen LogP contribution in [0.15, 0.2) is 28.4 Å². The number of aromatic nitrogens is 1. The number of nitrogens with zero attached hydrogens (tertiary/aromatic N) is 4. The first kappa shape index (κ1) is 19.9. The molecule has 0 radical (unpaired) electrons. The molecule has 0 aliphatic carbocycles. The minimum absolute atomic E-state index is 0.0584. The van der Waals surface area contributed by atoms with Crippen LogP contribution in [0.1, 0.15) is 5.56 Å². The van der Waals surface area contributed by atoms with Gasteiger partial charge in [0.1, 0.15) is 10.9 Å². The van der Waals surface area contributed by atoms with Crippen molar-refractivity contribution in [2.75, 3.05) is 44.7 Å². The first-order valence-corrected chi connectivity index (χ1v) is 9.34. The summed E-state index contributed by atoms with van der Waals surface area (Å²) in [5, 5.41) is 12.7. The number of pyridine rings is 1. The van der Waals surface area contributed by atoms with Gasteiger partial charge in [-0.15, -0.1) is 0 Å². The number of amides is 2. The number of aliphatic hydroxyl groups is 1. The fraction of sp³-hybridized carbons (Fsp3) is 0.471. The Bertz CT molecular complexity index is 747. The number of piperazine rings is 1. The Morgan fingerprint density at radius 2 is 2.00 bits per heavy atom. The molecule has 1 saturated heterocycles. The molecule has 3 heterocycles. The van der Waals surface area contributed by atoms with Crippen molar-refractivity contribution in [3.05, 3.63) is 34.0 Å². The second kappa shape index (κ2) is 8.43. The van der Waals surface area contributed by atoms with Gasteiger partial charge in [0, 0.05) is 32.4 Å². The summed E-state index contributed by atoms with van der Waals surface area (Å²) in [4.78, 5) is 33.5. The maximum atomic E-state index is 12.0. The summed E-state index contributed by atoms with van der Waals surface area (Å²) < 4.78 is 0. The average Bonchev–Trinajstić information content (AvgIpc) is 2.87. The van der Waals surface area contributed by atoms with E-state index in [1.807, 2.05) is 17.0 Å². The molecule has 1 unspecified atom stereocenters. The molecule has 27 heavy (non-hydrogen) atoms. The average molecular weight is 414 g/mol. The minimum atomic E-state index is -1.23. The third-order valence-corrected chi connectivity index (χ3v) is 5.47. The van der Waals surface area contributed by atoms with E-state index in [2.05, 4.69) is 15.2 Å². The van der Waals surface area contributed by atoms with Crippen LogP contribution in [0, 0.1) is 0 Å². The Labute approximate surface area is 167 Å². The van der Waals surface area contributed by atoms with E-state index < -0.39 is 12.1 Å². The van der Waals surface area contributed by atoms with Gasteiger partial charge < -0.3 is 25.1 Å². The number of halogens is 2. The number of nitrogens with one attached hydrogen (secondary N) is 1. The van der Waals surface area contributed by atoms with E-state index in [0.29, 0.717) is 32.7 Å². The number of anilines is 1. The molecule has 1 fully saturated rings. The molecule has 8 nitrogen and oxygen atoms in total. The van der Waals surface area contributed by atoms with Crippen LogP contribution in [0.4, 0.5) is 5.82 Å². The molecule has 0 aromatic carbocycles. The summed E-state index contributed by atoms with van der Waals surface area (Å²) in [6, 6.07) is 3.71. The van der Waals surface area contributed by atoms with Gasteiger partial charge in [0.05, 0.1) is 18.1 Å². The zero-order chi connectivity index (χ0) is 19.6. The van der Waals surface area contributed by atoms with Crippen LogP contribution in [0.25, 0.3) is 0 Å². The van der Waals surface area contributed by atoms with E-state index in [0.717, 1.165) is 11.4 Å². The Morgan fingerprint density at radius 3 is 2.52 bits per heavy atom. The first-order valence-electron chi connectivity index (χ1n) is 8.59. The summed E-state index contributed by atoms with van der Waals surface area (Å²) in [6.45, 7) is 3.23. The Hall–Kier alpha value is -1.87. The minimum Gasteiger partial charge on any atom is -0.368 e. The van der Waals surface area contributed by atoms with Crippen molar-refractivity contribution in [2.45, 2.75) is 12.8 Å². The molecular weight excluding hydrogens is 393 g/mol. The van der Waals surface area contributed by atoms with Crippen LogP contribution in [0.2, 0.25) is 0 Å². The van der Waals surface area contributed by atoms with E-state index in [1.54, 1.807) is 13.2 Å². The van der Waals surface area contributed by atoms with Gasteiger partial charge in [-0.05, 0) is 18.7 Å². The fourth-order valence-corrected chi connectivity index (χ4v) is 3.49. The SMILES string of the molecule is CNCC(=O)N1CCN(c2ccc(CN3C(=O)C(Cl)=C(Cl)C3O)cn2)CC1. The van der Waals surface area contributed by atoms with Crippen LogP contribution >= 0.6 is 23.2 Å². The van der Waals surface area contributed by atoms with E-state index in [1.165, 1.54) is 4.90 Å². The maximum Gasteiger partial charge on any atom is 0.269 e. The highest BCUT2D eigenvalue weighted by Gasteiger charge is 2.36. The second-order valence-corrected chi connectivity index (χ2v) is 7.18. The number of rotatable bonds is 5. The number of carbonyl (C=O) groups is 2. The van der Waals surface area contributed by atoms with Crippen LogP contribution in [0.5, 0.6) is 0 Å². The summed E-state index contributed by atoms with van der Waals surface area (Å²) >= 11 is 11.6. The van der Waals surface area contributed by atoms with Crippen molar-refractivity contribution in [1.29, 1.82) is 0 Å². The molecule has 0 saturated carbocycles. The van der Waals surface area contributed by atoms with E-state index in [9.17, 15) is 14.7 Å². The maximum absolute atomic E-state index is 12.0. The van der Waals surface area contributed by atoms with E-state index >= 15 is 0 Å². The topological polar surface area (TPSA) is 89.0 Å². The van der Waals surface area contributed by atoms with Gasteiger partial charge in [-0.25, -0.2) is 4.98 Å². The summed E-state index contributed by atoms with van der Waals surface area (Å²) in [7, 11) is 1.76. The van der Waals surface area contributed by atoms with Crippen LogP contribution in [0.3, 0.4) is 0 Å². The number of hydrogen-bond acceptors (Lipinski definition) is 6. The highest BCUT2D eigenvalue weighted by atomic mass is 35.5. The van der Waals surface area contributed by atoms with E-state index in [-0.39, 0.29) is 22.5 Å². The quantitative estimate of drug-likeness (QED) is 0.721. The summed E-state index contributed by atoms with van der Waals surface area (Å²) in [5.41, 5.74) is 0.754. The van der Waals surface area contributed by atoms with Crippen molar-refractivity contribution >= 4 is 40.8 Å². The number of likely N-dealkylation sites (N-methyl/N-ethyl adjacent to an activating group) is 1. The third kappa shape index (κ3) is 4.19. The number of carbonyl (C=O) groups excluding carboxylic acids is 2. The van der Waals surface area contributed by atoms with Gasteiger partial charge in [-0.2, -0.15) is 0 Å². The zero-order valence-corrected chi connectivity index (χ0v) is 16.4. The first-order chi connectivity index (χ1) is 12.9. The monoisotopic (exact) mass is 413 g/mol. The normalized spacial score (nSPS) is 20.7. The number of aliphatic hydroxyl groups excluding tert-OH is 1. The zero-order valence-electron chi connectivity index (χ0n) is 14.9. The van der Waals surface area contributed by atoms with Gasteiger partial charge >= 0.3 is 0 Å². The Kier molecular flexibility index (Phi) is 6.21. The van der Waals surface area contributed by atoms with Gasteiger partial charge in [0.25, 0.3) is 5.91 Å². The molecule has 146 valence electrons. The van der Waals surface area contributed by atoms with Crippen LogP contribution in [-0.2, 0) is 16.1 Å². The highest BCUT2D eigenvalue weighted by molar-refractivity contribution is 6.49. The van der Waals surface area contributed by atoms with Crippen molar-refractivity contribution in [1.82, 2.24) is 20.1 Å². The van der Waals surface area contributed by atoms with Crippen molar-refractivity contribution < 1.29 is 14.7 Å². The number of hydrogen-bond donors (Lipinski definition) is 2. The molecular formula is C17H21Cl2N5O3. The summed E-state index contributed by atoms with van der Waals surface area (Å²) in [6.07, 6.45) is 0.433. The lowest BCUT2D eigenvalue weighted by Crippen LogP contribution is -2.50. The van der Waals surface area contributed by atoms with Gasteiger partial charge in [-0.3, -0.25) is 9.59 Å². The smallest absolute Gasteiger partial charge is 0.269 e. The van der Waals surface area contributed by atoms with Gasteiger partial charge in [0.15, 0.2) is 6.23 Å². The molecule has 3 rings (SSSR count). The molecule has 10 heteroatoms. The lowest BCUT2D eigenvalue weighted by Gasteiger charge is -2.35. The van der Waals surface area contributed by atoms with Gasteiger partial charge in [0.2, 0.25) is 5.91 Å². The molecule has 2 aliphatic heterocycles. The van der Waals surface area contributed by atoms with Crippen LogP contribution < -0.4 is 10.2 Å². The molecule has 0 bridgehead atoms. The predicted octanol–water partition coefficient (Wildman–Crippen LogP) is 0.299. The van der Waals surface area contributed by atoms with E-state index in [4.69, 9.17) is 23.2 Å². The summed E-state index contributed by atoms with van der Waals surface area (Å²) in [5.74, 6) is 0.405. The molecule has 1 aromatic rings. The molecule has 2 N–H and O–H groups in total. The molecule has 2 amide bonds. The van der Waals surface area contributed by atoms with Crippen molar-refractivity contribution in [3.63, 3.8) is 0 Å². The largest absolute Gasteiger partial charge is 0.368 e. The Balaban J connectivity index is 1.57. The van der Waals surface area contributed by atoms with Gasteiger partial charge in [-0.1, -0.05) is 29.3 Å². The molecule has 0 spiro atoms. The lowest BCUT2D eigenvalue weighted by molar-refractivity contribution is -0.132. The standard InChI is InChI=1S/C17H21Cl2N5O3/c1-20-9-13(25)23-6-4-22(5-7-23)12-3-2-11(8-21-12)10-24-16(26)14(18)15(19)17(24)27/h2-3,8,16,20,26H,4-7,9-10H2,1H3. The molecule has 2 aliphatic rings. The lowest BCUT2D eigenvalue weighted by atomic mass is 10.2. The Morgan fingerprint density at radius 1 is 1.30 bits per heavy atom. The fourth-order valence-electron chi connectivity index (χ4n) is 3.09.